The van der Waals surface area contributed by atoms with Gasteiger partial charge in [0.1, 0.15) is 0 Å². The first kappa shape index (κ1) is 13.4. The quantitative estimate of drug-likeness (QED) is 0.811. The van der Waals surface area contributed by atoms with Gasteiger partial charge in [0.05, 0.1) is 7.11 Å². The Morgan fingerprint density at radius 2 is 2.24 bits per heavy atom. The summed E-state index contributed by atoms with van der Waals surface area (Å²) in [6, 6.07) is 6.15. The van der Waals surface area contributed by atoms with Gasteiger partial charge in [0.2, 0.25) is 0 Å². The molecule has 0 radical (unpaired) electrons. The summed E-state index contributed by atoms with van der Waals surface area (Å²) in [6.07, 6.45) is 4.14. The molecule has 0 spiro atoms. The number of ether oxygens (including phenoxy) is 1. The lowest BCUT2D eigenvalue weighted by Crippen LogP contribution is -2.07. The minimum atomic E-state index is -0.438. The van der Waals surface area contributed by atoms with Gasteiger partial charge in [-0.15, -0.1) is 0 Å². The van der Waals surface area contributed by atoms with Crippen molar-refractivity contribution in [2.24, 2.45) is 4.99 Å². The molecule has 0 unspecified atom stereocenters. The fraction of sp³-hybridized carbons (Fsp3) is 0.188. The maximum absolute atomic E-state index is 13.4. The Labute approximate surface area is 121 Å². The molecule has 3 rings (SSSR count). The van der Waals surface area contributed by atoms with E-state index in [4.69, 9.17) is 4.74 Å². The number of halogens is 1. The molecular weight excluding hydrogens is 271 g/mol. The van der Waals surface area contributed by atoms with Crippen LogP contribution in [-0.4, -0.2) is 24.1 Å². The number of Topliss-reactive ketones (excluding diaryl/α,β-unsaturated/α-hetero) is 1. The number of carbonyl (C=O) groups is 1. The van der Waals surface area contributed by atoms with Gasteiger partial charge < -0.3 is 4.74 Å². The van der Waals surface area contributed by atoms with Crippen molar-refractivity contribution in [3.8, 4) is 5.75 Å². The molecule has 5 heteroatoms. The molecule has 4 nitrogen and oxygen atoms in total. The predicted octanol–water partition coefficient (Wildman–Crippen LogP) is 2.91. The number of aromatic nitrogens is 1. The molecule has 0 atom stereocenters. The molecule has 1 aliphatic heterocycles. The Morgan fingerprint density at radius 3 is 3.05 bits per heavy atom. The molecule has 2 aromatic rings. The lowest BCUT2D eigenvalue weighted by atomic mass is 9.98. The first-order valence-corrected chi connectivity index (χ1v) is 6.55. The van der Waals surface area contributed by atoms with Gasteiger partial charge in [-0.3, -0.25) is 4.79 Å². The molecule has 0 saturated heterocycles. The molecule has 0 bridgehead atoms. The Kier molecular flexibility index (Phi) is 3.48. The highest BCUT2D eigenvalue weighted by Crippen LogP contribution is 2.26. The Morgan fingerprint density at radius 1 is 1.38 bits per heavy atom. The average molecular weight is 284 g/mol. The first-order valence-electron chi connectivity index (χ1n) is 6.55. The highest BCUT2D eigenvalue weighted by atomic mass is 19.1. The summed E-state index contributed by atoms with van der Waals surface area (Å²) in [5.74, 6) is 0.279. The topological polar surface area (TPSA) is 51.5 Å². The SMILES string of the molecule is COc1cc(CC(=O)c2ccnc3c2CC=N3)ccc1F. The van der Waals surface area contributed by atoms with Crippen LogP contribution in [0.4, 0.5) is 10.2 Å². The monoisotopic (exact) mass is 284 g/mol. The minimum absolute atomic E-state index is 0.0344. The number of benzene rings is 1. The second-order valence-electron chi connectivity index (χ2n) is 4.75. The summed E-state index contributed by atoms with van der Waals surface area (Å²) in [5, 5.41) is 0. The molecule has 0 fully saturated rings. The van der Waals surface area contributed by atoms with Crippen LogP contribution in [0.25, 0.3) is 0 Å². The first-order chi connectivity index (χ1) is 10.2. The lowest BCUT2D eigenvalue weighted by molar-refractivity contribution is 0.0992. The number of nitrogens with zero attached hydrogens (tertiary/aromatic N) is 2. The van der Waals surface area contributed by atoms with E-state index < -0.39 is 5.82 Å². The number of methoxy groups -OCH3 is 1. The van der Waals surface area contributed by atoms with Crippen molar-refractivity contribution in [2.45, 2.75) is 12.8 Å². The van der Waals surface area contributed by atoms with Crippen LogP contribution in [0.1, 0.15) is 21.5 Å². The summed E-state index contributed by atoms with van der Waals surface area (Å²) < 4.78 is 18.3. The normalized spacial score (nSPS) is 12.3. The van der Waals surface area contributed by atoms with Crippen LogP contribution in [0.3, 0.4) is 0 Å². The third kappa shape index (κ3) is 2.54. The van der Waals surface area contributed by atoms with Gasteiger partial charge in [-0.1, -0.05) is 6.07 Å². The van der Waals surface area contributed by atoms with E-state index in [2.05, 4.69) is 9.98 Å². The smallest absolute Gasteiger partial charge is 0.167 e. The van der Waals surface area contributed by atoms with Crippen molar-refractivity contribution < 1.29 is 13.9 Å². The van der Waals surface area contributed by atoms with Gasteiger partial charge in [0, 0.05) is 36.4 Å². The maximum atomic E-state index is 13.4. The van der Waals surface area contributed by atoms with E-state index in [1.807, 2.05) is 0 Å². The van der Waals surface area contributed by atoms with Gasteiger partial charge in [-0.2, -0.15) is 0 Å². The zero-order chi connectivity index (χ0) is 14.8. The van der Waals surface area contributed by atoms with Crippen molar-refractivity contribution in [2.75, 3.05) is 7.11 Å². The number of carbonyl (C=O) groups excluding carboxylic acids is 1. The molecule has 106 valence electrons. The van der Waals surface area contributed by atoms with Gasteiger partial charge in [-0.25, -0.2) is 14.4 Å². The van der Waals surface area contributed by atoms with Crippen LogP contribution in [-0.2, 0) is 12.8 Å². The molecule has 21 heavy (non-hydrogen) atoms. The van der Waals surface area contributed by atoms with Gasteiger partial charge in [0.15, 0.2) is 23.2 Å². The van der Waals surface area contributed by atoms with Gasteiger partial charge >= 0.3 is 0 Å². The Balaban J connectivity index is 1.86. The van der Waals surface area contributed by atoms with Crippen LogP contribution >= 0.6 is 0 Å². The van der Waals surface area contributed by atoms with Crippen LogP contribution in [0.2, 0.25) is 0 Å². The number of rotatable bonds is 4. The number of pyridine rings is 1. The van der Waals surface area contributed by atoms with E-state index in [0.29, 0.717) is 23.4 Å². The van der Waals surface area contributed by atoms with E-state index in [1.54, 1.807) is 30.6 Å². The summed E-state index contributed by atoms with van der Waals surface area (Å²) in [5.41, 5.74) is 2.19. The van der Waals surface area contributed by atoms with Crippen LogP contribution in [0.5, 0.6) is 5.75 Å². The molecular formula is C16H13FN2O2. The predicted molar refractivity (Wildman–Crippen MR) is 77.1 cm³/mol. The molecule has 1 aliphatic rings. The third-order valence-electron chi connectivity index (χ3n) is 3.42. The van der Waals surface area contributed by atoms with Crippen molar-refractivity contribution in [3.05, 3.63) is 53.0 Å². The molecule has 0 aliphatic carbocycles. The van der Waals surface area contributed by atoms with Crippen molar-refractivity contribution in [1.29, 1.82) is 0 Å². The van der Waals surface area contributed by atoms with Gasteiger partial charge in [-0.05, 0) is 23.8 Å². The van der Waals surface area contributed by atoms with E-state index in [0.717, 1.165) is 5.56 Å². The van der Waals surface area contributed by atoms with Crippen molar-refractivity contribution >= 4 is 17.8 Å². The van der Waals surface area contributed by atoms with Crippen LogP contribution in [0, 0.1) is 5.82 Å². The summed E-state index contributed by atoms with van der Waals surface area (Å²) in [4.78, 5) is 20.7. The lowest BCUT2D eigenvalue weighted by Gasteiger charge is -2.08. The van der Waals surface area contributed by atoms with Crippen molar-refractivity contribution in [1.82, 2.24) is 4.98 Å². The zero-order valence-corrected chi connectivity index (χ0v) is 11.5. The molecule has 0 saturated carbocycles. The van der Waals surface area contributed by atoms with E-state index >= 15 is 0 Å². The number of fused-ring (bicyclic) bond motifs is 1. The fourth-order valence-corrected chi connectivity index (χ4v) is 2.37. The molecule has 1 aromatic carbocycles. The average Bonchev–Trinajstić information content (AvgIpc) is 2.97. The number of hydrogen-bond acceptors (Lipinski definition) is 4. The highest BCUT2D eigenvalue weighted by Gasteiger charge is 2.18. The van der Waals surface area contributed by atoms with Crippen LogP contribution in [0.15, 0.2) is 35.5 Å². The number of ketones is 1. The second-order valence-corrected chi connectivity index (χ2v) is 4.75. The summed E-state index contributed by atoms with van der Waals surface area (Å²) in [7, 11) is 1.40. The fourth-order valence-electron chi connectivity index (χ4n) is 2.37. The zero-order valence-electron chi connectivity index (χ0n) is 11.5. The highest BCUT2D eigenvalue weighted by molar-refractivity contribution is 6.01. The summed E-state index contributed by atoms with van der Waals surface area (Å²) in [6.45, 7) is 0. The minimum Gasteiger partial charge on any atom is -0.494 e. The summed E-state index contributed by atoms with van der Waals surface area (Å²) >= 11 is 0. The van der Waals surface area contributed by atoms with E-state index in [1.165, 1.54) is 13.2 Å². The Hall–Kier alpha value is -2.56. The standard InChI is InChI=1S/C16H13FN2O2/c1-21-15-9-10(2-3-13(15)17)8-14(20)11-4-6-18-16-12(11)5-7-19-16/h2-4,6-7,9H,5,8H2,1H3. The van der Waals surface area contributed by atoms with E-state index in [-0.39, 0.29) is 18.0 Å². The molecule has 1 aromatic heterocycles. The Bertz CT molecular complexity index is 741. The third-order valence-corrected chi connectivity index (χ3v) is 3.42. The second kappa shape index (κ2) is 5.44. The molecule has 2 heterocycles. The molecule has 0 N–H and O–H groups in total. The number of hydrogen-bond donors (Lipinski definition) is 0. The van der Waals surface area contributed by atoms with Gasteiger partial charge in [0.25, 0.3) is 0 Å². The molecule has 0 amide bonds. The maximum Gasteiger partial charge on any atom is 0.167 e. The van der Waals surface area contributed by atoms with Crippen LogP contribution < -0.4 is 4.74 Å². The number of aliphatic imine (C=N–C) groups is 1. The van der Waals surface area contributed by atoms with Crippen molar-refractivity contribution in [3.63, 3.8) is 0 Å². The van der Waals surface area contributed by atoms with E-state index in [9.17, 15) is 9.18 Å². The largest absolute Gasteiger partial charge is 0.494 e.